The summed E-state index contributed by atoms with van der Waals surface area (Å²) in [6, 6.07) is 6.19. The van der Waals surface area contributed by atoms with Crippen molar-refractivity contribution in [2.75, 3.05) is 0 Å². The minimum Gasteiger partial charge on any atom is -0.508 e. The average Bonchev–Trinajstić information content (AvgIpc) is 2.15. The first-order chi connectivity index (χ1) is 7.38. The number of phenolic OH excluding ortho intramolecular Hbond substituents is 2. The summed E-state index contributed by atoms with van der Waals surface area (Å²) in [5, 5.41) is 19.4. The fraction of sp³-hybridized carbons (Fsp3) is 0. The molecule has 85 valence electrons. The van der Waals surface area contributed by atoms with E-state index >= 15 is 0 Å². The molecule has 1 radical (unpaired) electrons. The summed E-state index contributed by atoms with van der Waals surface area (Å²) in [6.07, 6.45) is 0. The number of hydrogen-bond acceptors (Lipinski definition) is 4. The Balaban J connectivity index is 0.00000144. The van der Waals surface area contributed by atoms with Crippen LogP contribution >= 0.6 is 0 Å². The summed E-state index contributed by atoms with van der Waals surface area (Å²) in [5.41, 5.74) is 0. The second-order valence-electron chi connectivity index (χ2n) is 3.32. The first kappa shape index (κ1) is 14.3. The molecule has 3 N–H and O–H groups in total. The molecule has 0 aromatic heterocycles. The Bertz CT molecular complexity index is 666. The summed E-state index contributed by atoms with van der Waals surface area (Å²) in [6.45, 7) is 0. The van der Waals surface area contributed by atoms with E-state index in [9.17, 15) is 18.6 Å². The van der Waals surface area contributed by atoms with E-state index in [0.29, 0.717) is 5.39 Å². The number of benzene rings is 2. The Labute approximate surface area is 120 Å². The van der Waals surface area contributed by atoms with Gasteiger partial charge < -0.3 is 10.2 Å². The van der Waals surface area contributed by atoms with Gasteiger partial charge in [-0.1, -0.05) is 6.07 Å². The number of rotatable bonds is 1. The summed E-state index contributed by atoms with van der Waals surface area (Å²) in [5.74, 6) is -0.370. The van der Waals surface area contributed by atoms with Gasteiger partial charge in [-0.15, -0.1) is 0 Å². The SMILES string of the molecule is O=S(=O)(O)c1ccc2cc(O)cc(O)c2c1.[Na]. The van der Waals surface area contributed by atoms with Crippen molar-refractivity contribution in [1.29, 1.82) is 0 Å². The van der Waals surface area contributed by atoms with Gasteiger partial charge in [-0.25, -0.2) is 0 Å². The smallest absolute Gasteiger partial charge is 0.294 e. The van der Waals surface area contributed by atoms with E-state index in [2.05, 4.69) is 0 Å². The van der Waals surface area contributed by atoms with Crippen LogP contribution in [0.25, 0.3) is 10.8 Å². The molecule has 0 unspecified atom stereocenters. The molecule has 17 heavy (non-hydrogen) atoms. The molecule has 0 aliphatic heterocycles. The maximum Gasteiger partial charge on any atom is 0.294 e. The van der Waals surface area contributed by atoms with Crippen LogP contribution < -0.4 is 0 Å². The van der Waals surface area contributed by atoms with Crippen molar-refractivity contribution in [2.45, 2.75) is 4.90 Å². The third-order valence-corrected chi connectivity index (χ3v) is 3.04. The summed E-state index contributed by atoms with van der Waals surface area (Å²) < 4.78 is 30.6. The summed E-state index contributed by atoms with van der Waals surface area (Å²) >= 11 is 0. The molecular formula is C10H8NaO5S. The first-order valence-electron chi connectivity index (χ1n) is 4.31. The van der Waals surface area contributed by atoms with Gasteiger partial charge in [0, 0.05) is 41.0 Å². The van der Waals surface area contributed by atoms with Gasteiger partial charge in [-0.05, 0) is 23.6 Å². The fourth-order valence-electron chi connectivity index (χ4n) is 1.46. The second-order valence-corrected chi connectivity index (χ2v) is 4.74. The minimum absolute atomic E-state index is 0. The van der Waals surface area contributed by atoms with Gasteiger partial charge >= 0.3 is 0 Å². The summed E-state index contributed by atoms with van der Waals surface area (Å²) in [7, 11) is -4.29. The fourth-order valence-corrected chi connectivity index (χ4v) is 1.97. The van der Waals surface area contributed by atoms with Gasteiger partial charge in [0.25, 0.3) is 10.1 Å². The standard InChI is InChI=1S/C10H8O5S.Na/c11-7-3-6-1-2-8(16(13,14)15)5-9(6)10(12)4-7;/h1-5,11-12H,(H,13,14,15);. The molecule has 0 atom stereocenters. The number of hydrogen-bond donors (Lipinski definition) is 3. The van der Waals surface area contributed by atoms with Crippen LogP contribution in [0.3, 0.4) is 0 Å². The predicted molar refractivity (Wildman–Crippen MR) is 62.8 cm³/mol. The molecule has 0 spiro atoms. The zero-order chi connectivity index (χ0) is 11.9. The number of fused-ring (bicyclic) bond motifs is 1. The van der Waals surface area contributed by atoms with Crippen molar-refractivity contribution in [2.24, 2.45) is 0 Å². The van der Waals surface area contributed by atoms with Gasteiger partial charge in [0.2, 0.25) is 0 Å². The molecule has 0 aliphatic carbocycles. The van der Waals surface area contributed by atoms with Crippen LogP contribution in [0.2, 0.25) is 0 Å². The van der Waals surface area contributed by atoms with Crippen LogP contribution in [0.4, 0.5) is 0 Å². The quantitative estimate of drug-likeness (QED) is 0.529. The second kappa shape index (κ2) is 4.83. The maximum absolute atomic E-state index is 10.9. The van der Waals surface area contributed by atoms with Crippen molar-refractivity contribution in [3.63, 3.8) is 0 Å². The van der Waals surface area contributed by atoms with Crippen LogP contribution in [0.1, 0.15) is 0 Å². The van der Waals surface area contributed by atoms with E-state index in [4.69, 9.17) is 4.55 Å². The molecule has 0 saturated carbocycles. The Kier molecular flexibility index (Phi) is 4.06. The molecule has 0 amide bonds. The molecule has 0 bridgehead atoms. The van der Waals surface area contributed by atoms with E-state index in [0.717, 1.165) is 12.1 Å². The molecular weight excluding hydrogens is 255 g/mol. The molecule has 0 saturated heterocycles. The molecule has 2 aromatic rings. The van der Waals surface area contributed by atoms with Crippen molar-refractivity contribution in [1.82, 2.24) is 0 Å². The van der Waals surface area contributed by atoms with Gasteiger partial charge in [-0.2, -0.15) is 8.42 Å². The molecule has 0 fully saturated rings. The Morgan fingerprint density at radius 2 is 1.65 bits per heavy atom. The van der Waals surface area contributed by atoms with E-state index in [1.165, 1.54) is 18.2 Å². The number of aromatic hydroxyl groups is 2. The van der Waals surface area contributed by atoms with Crippen LogP contribution in [0.15, 0.2) is 35.2 Å². The molecule has 0 aliphatic rings. The average molecular weight is 263 g/mol. The molecule has 2 aromatic carbocycles. The third-order valence-electron chi connectivity index (χ3n) is 2.19. The van der Waals surface area contributed by atoms with Crippen molar-refractivity contribution >= 4 is 50.4 Å². The van der Waals surface area contributed by atoms with Crippen molar-refractivity contribution in [3.05, 3.63) is 30.3 Å². The monoisotopic (exact) mass is 263 g/mol. The number of phenols is 2. The zero-order valence-corrected chi connectivity index (χ0v) is 11.8. The van der Waals surface area contributed by atoms with Crippen molar-refractivity contribution < 1.29 is 23.2 Å². The maximum atomic E-state index is 10.9. The van der Waals surface area contributed by atoms with Crippen molar-refractivity contribution in [3.8, 4) is 11.5 Å². The van der Waals surface area contributed by atoms with Gasteiger partial charge in [0.05, 0.1) is 4.90 Å². The van der Waals surface area contributed by atoms with E-state index < -0.39 is 10.1 Å². The molecule has 2 rings (SSSR count). The molecule has 0 heterocycles. The largest absolute Gasteiger partial charge is 0.508 e. The first-order valence-corrected chi connectivity index (χ1v) is 5.75. The zero-order valence-electron chi connectivity index (χ0n) is 8.95. The predicted octanol–water partition coefficient (Wildman–Crippen LogP) is 1.12. The molecule has 7 heteroatoms. The normalized spacial score (nSPS) is 11.1. The van der Waals surface area contributed by atoms with Crippen LogP contribution in [-0.2, 0) is 10.1 Å². The molecule has 5 nitrogen and oxygen atoms in total. The van der Waals surface area contributed by atoms with Crippen LogP contribution in [-0.4, -0.2) is 52.7 Å². The summed E-state index contributed by atoms with van der Waals surface area (Å²) in [4.78, 5) is -0.305. The van der Waals surface area contributed by atoms with Gasteiger partial charge in [0.1, 0.15) is 11.5 Å². The Morgan fingerprint density at radius 1 is 1.00 bits per heavy atom. The third kappa shape index (κ3) is 2.91. The topological polar surface area (TPSA) is 94.8 Å². The van der Waals surface area contributed by atoms with Gasteiger partial charge in [-0.3, -0.25) is 4.55 Å². The van der Waals surface area contributed by atoms with Crippen LogP contribution in [0, 0.1) is 0 Å². The Hall–Kier alpha value is -0.790. The Morgan fingerprint density at radius 3 is 2.24 bits per heavy atom. The van der Waals surface area contributed by atoms with E-state index in [1.54, 1.807) is 0 Å². The van der Waals surface area contributed by atoms with E-state index in [-0.39, 0.29) is 51.3 Å². The minimum atomic E-state index is -4.29. The van der Waals surface area contributed by atoms with Gasteiger partial charge in [0.15, 0.2) is 0 Å². The van der Waals surface area contributed by atoms with Crippen LogP contribution in [0.5, 0.6) is 11.5 Å². The van der Waals surface area contributed by atoms with E-state index in [1.807, 2.05) is 0 Å².